The van der Waals surface area contributed by atoms with Crippen LogP contribution in [0.4, 0.5) is 0 Å². The fraction of sp³-hybridized carbons (Fsp3) is 0.538. The van der Waals surface area contributed by atoms with E-state index < -0.39 is 0 Å². The van der Waals surface area contributed by atoms with Crippen LogP contribution in [0.1, 0.15) is 25.0 Å². The topological polar surface area (TPSA) is 53.7 Å². The van der Waals surface area contributed by atoms with Crippen molar-refractivity contribution in [2.75, 3.05) is 26.4 Å². The predicted octanol–water partition coefficient (Wildman–Crippen LogP) is 1.88. The quantitative estimate of drug-likeness (QED) is 0.868. The Balaban J connectivity index is 2.21. The van der Waals surface area contributed by atoms with Gasteiger partial charge in [-0.05, 0) is 24.6 Å². The molecule has 0 bridgehead atoms. The molecule has 1 aliphatic rings. The molecule has 0 amide bonds. The first kappa shape index (κ1) is 12.2. The molecule has 1 atom stereocenters. The molecule has 94 valence electrons. The minimum absolute atomic E-state index is 0.0721. The number of hydrogen-bond acceptors (Lipinski definition) is 4. The maximum atomic E-state index is 5.70. The lowest BCUT2D eigenvalue weighted by atomic mass is 10.1. The Morgan fingerprint density at radius 2 is 2.06 bits per heavy atom. The van der Waals surface area contributed by atoms with E-state index in [1.165, 1.54) is 0 Å². The van der Waals surface area contributed by atoms with E-state index in [-0.39, 0.29) is 6.10 Å². The van der Waals surface area contributed by atoms with Crippen molar-refractivity contribution in [3.8, 4) is 11.5 Å². The number of nitrogens with two attached hydrogens (primary N) is 1. The number of hydrogen-bond donors (Lipinski definition) is 1. The van der Waals surface area contributed by atoms with E-state index in [1.54, 1.807) is 0 Å². The maximum Gasteiger partial charge on any atom is 0.161 e. The van der Waals surface area contributed by atoms with Crippen LogP contribution in [-0.4, -0.2) is 26.4 Å². The van der Waals surface area contributed by atoms with Crippen molar-refractivity contribution in [1.82, 2.24) is 0 Å². The molecule has 0 saturated carbocycles. The molecule has 17 heavy (non-hydrogen) atoms. The second-order valence-electron chi connectivity index (χ2n) is 3.94. The molecule has 0 aromatic heterocycles. The zero-order chi connectivity index (χ0) is 12.1. The highest BCUT2D eigenvalue weighted by atomic mass is 16.5. The van der Waals surface area contributed by atoms with Gasteiger partial charge in [-0.3, -0.25) is 0 Å². The molecule has 2 N–H and O–H groups in total. The molecule has 0 spiro atoms. The van der Waals surface area contributed by atoms with Gasteiger partial charge in [0.25, 0.3) is 0 Å². The fourth-order valence-electron chi connectivity index (χ4n) is 1.88. The Kier molecular flexibility index (Phi) is 4.23. The van der Waals surface area contributed by atoms with Crippen LogP contribution in [0.3, 0.4) is 0 Å². The first-order valence-corrected chi connectivity index (χ1v) is 6.06. The van der Waals surface area contributed by atoms with Gasteiger partial charge in [0.05, 0.1) is 19.3 Å². The van der Waals surface area contributed by atoms with Crippen LogP contribution in [0.5, 0.6) is 11.5 Å². The third kappa shape index (κ3) is 2.90. The SMILES string of the molecule is CCOC(CN)c1ccc2c(c1)OCCCO2. The summed E-state index contributed by atoms with van der Waals surface area (Å²) in [5.74, 6) is 1.59. The van der Waals surface area contributed by atoms with Gasteiger partial charge in [0.15, 0.2) is 11.5 Å². The van der Waals surface area contributed by atoms with E-state index in [9.17, 15) is 0 Å². The van der Waals surface area contributed by atoms with Crippen molar-refractivity contribution in [2.24, 2.45) is 5.73 Å². The lowest BCUT2D eigenvalue weighted by Gasteiger charge is -2.17. The highest BCUT2D eigenvalue weighted by Crippen LogP contribution is 2.32. The Labute approximate surface area is 102 Å². The molecule has 4 nitrogen and oxygen atoms in total. The number of benzene rings is 1. The lowest BCUT2D eigenvalue weighted by Crippen LogP contribution is -2.15. The van der Waals surface area contributed by atoms with E-state index in [2.05, 4.69) is 0 Å². The van der Waals surface area contributed by atoms with Gasteiger partial charge in [0.1, 0.15) is 0 Å². The van der Waals surface area contributed by atoms with Crippen molar-refractivity contribution in [3.63, 3.8) is 0 Å². The Morgan fingerprint density at radius 1 is 1.29 bits per heavy atom. The summed E-state index contributed by atoms with van der Waals surface area (Å²) in [6.07, 6.45) is 0.840. The molecular weight excluding hydrogens is 218 g/mol. The average Bonchev–Trinajstić information content (AvgIpc) is 2.60. The van der Waals surface area contributed by atoms with Crippen LogP contribution in [0.15, 0.2) is 18.2 Å². The highest BCUT2D eigenvalue weighted by Gasteiger charge is 2.15. The third-order valence-corrected chi connectivity index (χ3v) is 2.73. The smallest absolute Gasteiger partial charge is 0.161 e. The summed E-state index contributed by atoms with van der Waals surface area (Å²) in [4.78, 5) is 0. The average molecular weight is 237 g/mol. The van der Waals surface area contributed by atoms with Crippen LogP contribution in [0.2, 0.25) is 0 Å². The molecule has 4 heteroatoms. The van der Waals surface area contributed by atoms with E-state index in [0.717, 1.165) is 23.5 Å². The standard InChI is InChI=1S/C13H19NO3/c1-2-15-13(9-14)10-4-5-11-12(8-10)17-7-3-6-16-11/h4-5,8,13H,2-3,6-7,9,14H2,1H3. The number of rotatable bonds is 4. The second kappa shape index (κ2) is 5.89. The zero-order valence-electron chi connectivity index (χ0n) is 10.1. The molecule has 0 radical (unpaired) electrons. The van der Waals surface area contributed by atoms with Crippen molar-refractivity contribution in [3.05, 3.63) is 23.8 Å². The summed E-state index contributed by atoms with van der Waals surface area (Å²) < 4.78 is 16.8. The van der Waals surface area contributed by atoms with Crippen LogP contribution < -0.4 is 15.2 Å². The molecule has 0 aliphatic carbocycles. The van der Waals surface area contributed by atoms with Crippen molar-refractivity contribution in [2.45, 2.75) is 19.4 Å². The zero-order valence-corrected chi connectivity index (χ0v) is 10.1. The van der Waals surface area contributed by atoms with Crippen LogP contribution in [0, 0.1) is 0 Å². The summed E-state index contributed by atoms with van der Waals surface area (Å²) in [6, 6.07) is 5.88. The fourth-order valence-corrected chi connectivity index (χ4v) is 1.88. The minimum Gasteiger partial charge on any atom is -0.490 e. The molecule has 1 aromatic carbocycles. The molecular formula is C13H19NO3. The monoisotopic (exact) mass is 237 g/mol. The third-order valence-electron chi connectivity index (χ3n) is 2.73. The Hall–Kier alpha value is -1.26. The van der Waals surface area contributed by atoms with Crippen molar-refractivity contribution < 1.29 is 14.2 Å². The van der Waals surface area contributed by atoms with E-state index in [1.807, 2.05) is 25.1 Å². The minimum atomic E-state index is -0.0721. The Morgan fingerprint density at radius 3 is 2.76 bits per heavy atom. The van der Waals surface area contributed by atoms with Crippen LogP contribution >= 0.6 is 0 Å². The first-order chi connectivity index (χ1) is 8.35. The largest absolute Gasteiger partial charge is 0.490 e. The van der Waals surface area contributed by atoms with Crippen molar-refractivity contribution in [1.29, 1.82) is 0 Å². The van der Waals surface area contributed by atoms with E-state index >= 15 is 0 Å². The first-order valence-electron chi connectivity index (χ1n) is 6.06. The number of ether oxygens (including phenoxy) is 3. The van der Waals surface area contributed by atoms with Gasteiger partial charge in [-0.25, -0.2) is 0 Å². The van der Waals surface area contributed by atoms with Crippen LogP contribution in [-0.2, 0) is 4.74 Å². The summed E-state index contributed by atoms with van der Waals surface area (Å²) in [7, 11) is 0. The van der Waals surface area contributed by atoms with Gasteiger partial charge in [-0.1, -0.05) is 6.07 Å². The van der Waals surface area contributed by atoms with Crippen LogP contribution in [0.25, 0.3) is 0 Å². The lowest BCUT2D eigenvalue weighted by molar-refractivity contribution is 0.0686. The number of fused-ring (bicyclic) bond motifs is 1. The molecule has 0 fully saturated rings. The van der Waals surface area contributed by atoms with Gasteiger partial charge >= 0.3 is 0 Å². The van der Waals surface area contributed by atoms with Gasteiger partial charge in [-0.2, -0.15) is 0 Å². The molecule has 2 rings (SSSR count). The van der Waals surface area contributed by atoms with Crippen molar-refractivity contribution >= 4 is 0 Å². The summed E-state index contributed by atoms with van der Waals surface area (Å²) in [5, 5.41) is 0. The second-order valence-corrected chi connectivity index (χ2v) is 3.94. The molecule has 1 heterocycles. The molecule has 0 saturated heterocycles. The normalized spacial score (nSPS) is 16.4. The van der Waals surface area contributed by atoms with E-state index in [4.69, 9.17) is 19.9 Å². The highest BCUT2D eigenvalue weighted by molar-refractivity contribution is 5.44. The molecule has 1 unspecified atom stereocenters. The maximum absolute atomic E-state index is 5.70. The summed E-state index contributed by atoms with van der Waals surface area (Å²) in [6.45, 7) is 4.48. The summed E-state index contributed by atoms with van der Waals surface area (Å²) in [5.41, 5.74) is 6.74. The molecule has 1 aliphatic heterocycles. The van der Waals surface area contributed by atoms with Gasteiger partial charge in [-0.15, -0.1) is 0 Å². The van der Waals surface area contributed by atoms with Gasteiger partial charge in [0.2, 0.25) is 0 Å². The van der Waals surface area contributed by atoms with Gasteiger partial charge < -0.3 is 19.9 Å². The Bertz CT molecular complexity index is 368. The summed E-state index contributed by atoms with van der Waals surface area (Å²) >= 11 is 0. The predicted molar refractivity (Wildman–Crippen MR) is 65.5 cm³/mol. The van der Waals surface area contributed by atoms with E-state index in [0.29, 0.717) is 26.4 Å². The van der Waals surface area contributed by atoms with Gasteiger partial charge in [0, 0.05) is 19.6 Å². The molecule has 1 aromatic rings.